The summed E-state index contributed by atoms with van der Waals surface area (Å²) in [7, 11) is 0. The smallest absolute Gasteiger partial charge is 0.170 e. The molecule has 1 aromatic carbocycles. The monoisotopic (exact) mass is 277 g/mol. The first-order chi connectivity index (χ1) is 9.20. The summed E-state index contributed by atoms with van der Waals surface area (Å²) in [6.07, 6.45) is 3.39. The SMILES string of the molecule is NC(=NO)c1ccc(CSc2ccncc2)c(F)c1. The number of halogens is 1. The van der Waals surface area contributed by atoms with Crippen LogP contribution in [0.25, 0.3) is 0 Å². The first kappa shape index (κ1) is 13.4. The van der Waals surface area contributed by atoms with Crippen LogP contribution in [0.5, 0.6) is 0 Å². The lowest BCUT2D eigenvalue weighted by molar-refractivity contribution is 0.318. The number of amidine groups is 1. The molecule has 2 rings (SSSR count). The van der Waals surface area contributed by atoms with Gasteiger partial charge < -0.3 is 10.9 Å². The Morgan fingerprint density at radius 3 is 2.68 bits per heavy atom. The van der Waals surface area contributed by atoms with E-state index in [1.54, 1.807) is 24.5 Å². The Morgan fingerprint density at radius 2 is 2.05 bits per heavy atom. The molecule has 0 fully saturated rings. The van der Waals surface area contributed by atoms with E-state index in [1.165, 1.54) is 17.8 Å². The van der Waals surface area contributed by atoms with Crippen molar-refractivity contribution in [2.75, 3.05) is 0 Å². The van der Waals surface area contributed by atoms with Crippen molar-refractivity contribution in [2.45, 2.75) is 10.6 Å². The molecular weight excluding hydrogens is 265 g/mol. The number of pyridine rings is 1. The standard InChI is InChI=1S/C13H12FN3OS/c14-12-7-9(13(15)17-18)1-2-10(12)8-19-11-3-5-16-6-4-11/h1-7,18H,8H2,(H2,15,17). The third-order valence-electron chi connectivity index (χ3n) is 2.50. The zero-order chi connectivity index (χ0) is 13.7. The van der Waals surface area contributed by atoms with Crippen LogP contribution in [0.1, 0.15) is 11.1 Å². The van der Waals surface area contributed by atoms with Crippen LogP contribution in [0.3, 0.4) is 0 Å². The third-order valence-corrected chi connectivity index (χ3v) is 3.56. The number of nitrogens with two attached hydrogens (primary N) is 1. The van der Waals surface area contributed by atoms with Gasteiger partial charge in [-0.05, 0) is 23.8 Å². The predicted octanol–water partition coefficient (Wildman–Crippen LogP) is 2.61. The lowest BCUT2D eigenvalue weighted by atomic mass is 10.1. The van der Waals surface area contributed by atoms with Gasteiger partial charge in [-0.2, -0.15) is 0 Å². The molecule has 2 aromatic rings. The van der Waals surface area contributed by atoms with Gasteiger partial charge in [0.2, 0.25) is 0 Å². The fraction of sp³-hybridized carbons (Fsp3) is 0.0769. The molecule has 0 aliphatic heterocycles. The predicted molar refractivity (Wildman–Crippen MR) is 72.7 cm³/mol. The average molecular weight is 277 g/mol. The van der Waals surface area contributed by atoms with Gasteiger partial charge in [-0.1, -0.05) is 17.3 Å². The van der Waals surface area contributed by atoms with E-state index in [2.05, 4.69) is 10.1 Å². The maximum atomic E-state index is 13.8. The molecule has 3 N–H and O–H groups in total. The minimum Gasteiger partial charge on any atom is -0.409 e. The molecule has 0 bridgehead atoms. The molecule has 0 aliphatic carbocycles. The Balaban J connectivity index is 2.10. The minimum absolute atomic E-state index is 0.104. The minimum atomic E-state index is -0.370. The number of aromatic nitrogens is 1. The van der Waals surface area contributed by atoms with E-state index in [1.807, 2.05) is 12.1 Å². The van der Waals surface area contributed by atoms with Gasteiger partial charge in [0.1, 0.15) is 5.82 Å². The van der Waals surface area contributed by atoms with E-state index >= 15 is 0 Å². The van der Waals surface area contributed by atoms with Crippen LogP contribution in [0.4, 0.5) is 4.39 Å². The fourth-order valence-corrected chi connectivity index (χ4v) is 2.35. The van der Waals surface area contributed by atoms with Crippen LogP contribution in [-0.4, -0.2) is 16.0 Å². The van der Waals surface area contributed by atoms with Crippen molar-refractivity contribution in [1.29, 1.82) is 0 Å². The highest BCUT2D eigenvalue weighted by atomic mass is 32.2. The van der Waals surface area contributed by atoms with Crippen LogP contribution in [0, 0.1) is 5.82 Å². The second-order valence-corrected chi connectivity index (χ2v) is 4.81. The lowest BCUT2D eigenvalue weighted by Gasteiger charge is -2.05. The first-order valence-electron chi connectivity index (χ1n) is 5.50. The van der Waals surface area contributed by atoms with Crippen molar-refractivity contribution in [1.82, 2.24) is 4.98 Å². The Hall–Kier alpha value is -2.08. The summed E-state index contributed by atoms with van der Waals surface area (Å²) in [4.78, 5) is 4.94. The maximum Gasteiger partial charge on any atom is 0.170 e. The van der Waals surface area contributed by atoms with Gasteiger partial charge in [-0.3, -0.25) is 4.98 Å². The van der Waals surface area contributed by atoms with E-state index in [0.29, 0.717) is 16.9 Å². The van der Waals surface area contributed by atoms with Gasteiger partial charge in [0.15, 0.2) is 5.84 Å². The largest absolute Gasteiger partial charge is 0.409 e. The number of nitrogens with zero attached hydrogens (tertiary/aromatic N) is 2. The molecule has 1 aromatic heterocycles. The van der Waals surface area contributed by atoms with Crippen molar-refractivity contribution >= 4 is 17.6 Å². The zero-order valence-corrected chi connectivity index (χ0v) is 10.8. The molecule has 0 saturated heterocycles. The highest BCUT2D eigenvalue weighted by molar-refractivity contribution is 7.98. The summed E-state index contributed by atoms with van der Waals surface area (Å²) in [5.41, 5.74) is 6.32. The van der Waals surface area contributed by atoms with Gasteiger partial charge in [0, 0.05) is 28.6 Å². The number of benzene rings is 1. The van der Waals surface area contributed by atoms with Gasteiger partial charge in [-0.25, -0.2) is 4.39 Å². The van der Waals surface area contributed by atoms with Crippen LogP contribution < -0.4 is 5.73 Å². The second kappa shape index (κ2) is 6.19. The van der Waals surface area contributed by atoms with Gasteiger partial charge in [0.25, 0.3) is 0 Å². The summed E-state index contributed by atoms with van der Waals surface area (Å²) in [6.45, 7) is 0. The topological polar surface area (TPSA) is 71.5 Å². The van der Waals surface area contributed by atoms with Gasteiger partial charge in [-0.15, -0.1) is 11.8 Å². The van der Waals surface area contributed by atoms with Crippen molar-refractivity contribution in [3.05, 3.63) is 59.7 Å². The van der Waals surface area contributed by atoms with Gasteiger partial charge in [0.05, 0.1) is 0 Å². The first-order valence-corrected chi connectivity index (χ1v) is 6.48. The highest BCUT2D eigenvalue weighted by Crippen LogP contribution is 2.23. The van der Waals surface area contributed by atoms with Crippen molar-refractivity contribution in [2.24, 2.45) is 10.9 Å². The van der Waals surface area contributed by atoms with E-state index in [4.69, 9.17) is 10.9 Å². The van der Waals surface area contributed by atoms with Crippen molar-refractivity contribution in [3.63, 3.8) is 0 Å². The second-order valence-electron chi connectivity index (χ2n) is 3.76. The summed E-state index contributed by atoms with van der Waals surface area (Å²) in [5, 5.41) is 11.4. The summed E-state index contributed by atoms with van der Waals surface area (Å²) in [6, 6.07) is 8.26. The highest BCUT2D eigenvalue weighted by Gasteiger charge is 2.07. The van der Waals surface area contributed by atoms with Crippen molar-refractivity contribution in [3.8, 4) is 0 Å². The molecule has 4 nitrogen and oxygen atoms in total. The normalized spacial score (nSPS) is 11.5. The molecule has 0 aliphatic rings. The van der Waals surface area contributed by atoms with Gasteiger partial charge >= 0.3 is 0 Å². The number of thioether (sulfide) groups is 1. The molecule has 0 radical (unpaired) electrons. The van der Waals surface area contributed by atoms with E-state index in [0.717, 1.165) is 4.90 Å². The van der Waals surface area contributed by atoms with E-state index < -0.39 is 0 Å². The number of rotatable bonds is 4. The molecule has 0 spiro atoms. The lowest BCUT2D eigenvalue weighted by Crippen LogP contribution is -2.13. The quantitative estimate of drug-likeness (QED) is 0.296. The van der Waals surface area contributed by atoms with Crippen LogP contribution in [0.15, 0.2) is 52.8 Å². The Kier molecular flexibility index (Phi) is 4.35. The van der Waals surface area contributed by atoms with E-state index in [9.17, 15) is 4.39 Å². The molecule has 0 amide bonds. The van der Waals surface area contributed by atoms with Crippen LogP contribution in [-0.2, 0) is 5.75 Å². The molecular formula is C13H12FN3OS. The average Bonchev–Trinajstić information content (AvgIpc) is 2.46. The molecule has 6 heteroatoms. The molecule has 0 saturated carbocycles. The summed E-state index contributed by atoms with van der Waals surface area (Å²) >= 11 is 1.52. The zero-order valence-electron chi connectivity index (χ0n) is 9.95. The van der Waals surface area contributed by atoms with Crippen LogP contribution in [0.2, 0.25) is 0 Å². The third kappa shape index (κ3) is 3.45. The molecule has 19 heavy (non-hydrogen) atoms. The summed E-state index contributed by atoms with van der Waals surface area (Å²) in [5.74, 6) is 0.0321. The number of hydrogen-bond donors (Lipinski definition) is 2. The van der Waals surface area contributed by atoms with Crippen molar-refractivity contribution < 1.29 is 9.60 Å². The fourth-order valence-electron chi connectivity index (χ4n) is 1.48. The Labute approximate surface area is 114 Å². The molecule has 0 atom stereocenters. The maximum absolute atomic E-state index is 13.8. The van der Waals surface area contributed by atoms with Crippen LogP contribution >= 0.6 is 11.8 Å². The summed E-state index contributed by atoms with van der Waals surface area (Å²) < 4.78 is 13.8. The Bertz CT molecular complexity index is 590. The Morgan fingerprint density at radius 1 is 1.32 bits per heavy atom. The molecule has 98 valence electrons. The molecule has 0 unspecified atom stereocenters. The number of hydrogen-bond acceptors (Lipinski definition) is 4. The number of oxime groups is 1. The molecule has 1 heterocycles. The van der Waals surface area contributed by atoms with E-state index in [-0.39, 0.29) is 11.7 Å².